The van der Waals surface area contributed by atoms with Crippen molar-refractivity contribution in [2.75, 3.05) is 42.1 Å². The first-order valence-electron chi connectivity index (χ1n) is 15.3. The minimum atomic E-state index is -1.09. The Morgan fingerprint density at radius 2 is 1.42 bits per heavy atom. The number of carbonyl (C=O) groups is 2. The van der Waals surface area contributed by atoms with Gasteiger partial charge < -0.3 is 33.9 Å². The number of amides is 2. The fourth-order valence-corrected chi connectivity index (χ4v) is 5.55. The van der Waals surface area contributed by atoms with Crippen LogP contribution >= 0.6 is 0 Å². The summed E-state index contributed by atoms with van der Waals surface area (Å²) in [6, 6.07) is 24.8. The van der Waals surface area contributed by atoms with Crippen LogP contribution in [0, 0.1) is 0 Å². The molecule has 0 unspecified atom stereocenters. The van der Waals surface area contributed by atoms with E-state index >= 15 is 0 Å². The van der Waals surface area contributed by atoms with Gasteiger partial charge in [-0.25, -0.2) is 4.68 Å². The SMILES string of the molecule is COc1ccc(CCN(C(=O)Cn2nnc3ccccc32)[C@@H](C(=O)NCc2ccccc2)c2cc(OC)c(OC)c(OC)c2)cc1OC. The Morgan fingerprint density at radius 1 is 0.750 bits per heavy atom. The molecule has 0 fully saturated rings. The van der Waals surface area contributed by atoms with Gasteiger partial charge in [-0.2, -0.15) is 0 Å². The van der Waals surface area contributed by atoms with Gasteiger partial charge in [-0.15, -0.1) is 5.10 Å². The summed E-state index contributed by atoms with van der Waals surface area (Å²) in [5, 5.41) is 11.5. The average Bonchev–Trinajstić information content (AvgIpc) is 3.54. The molecule has 48 heavy (non-hydrogen) atoms. The van der Waals surface area contributed by atoms with Crippen LogP contribution in [0.2, 0.25) is 0 Å². The van der Waals surface area contributed by atoms with Crippen LogP contribution in [0.5, 0.6) is 28.7 Å². The first kappa shape index (κ1) is 33.6. The lowest BCUT2D eigenvalue weighted by Crippen LogP contribution is -2.45. The maximum atomic E-state index is 14.5. The Bertz CT molecular complexity index is 1840. The molecule has 0 bridgehead atoms. The predicted molar refractivity (Wildman–Crippen MR) is 180 cm³/mol. The monoisotopic (exact) mass is 653 g/mol. The van der Waals surface area contributed by atoms with Crippen LogP contribution in [0.15, 0.2) is 84.9 Å². The highest BCUT2D eigenvalue weighted by Gasteiger charge is 2.33. The fourth-order valence-electron chi connectivity index (χ4n) is 5.55. The van der Waals surface area contributed by atoms with Crippen molar-refractivity contribution in [3.05, 3.63) is 102 Å². The molecule has 5 aromatic rings. The van der Waals surface area contributed by atoms with Crippen LogP contribution in [0.4, 0.5) is 0 Å². The van der Waals surface area contributed by atoms with Gasteiger partial charge in [0, 0.05) is 13.1 Å². The van der Waals surface area contributed by atoms with Crippen molar-refractivity contribution in [2.45, 2.75) is 25.6 Å². The second-order valence-corrected chi connectivity index (χ2v) is 10.8. The number of hydrogen-bond acceptors (Lipinski definition) is 9. The van der Waals surface area contributed by atoms with Crippen molar-refractivity contribution in [1.82, 2.24) is 25.2 Å². The topological polar surface area (TPSA) is 126 Å². The maximum Gasteiger partial charge on any atom is 0.247 e. The predicted octanol–water partition coefficient (Wildman–Crippen LogP) is 4.60. The number of aromatic nitrogens is 3. The molecule has 0 saturated heterocycles. The molecule has 4 aromatic carbocycles. The molecule has 0 radical (unpaired) electrons. The maximum absolute atomic E-state index is 14.5. The van der Waals surface area contributed by atoms with Crippen LogP contribution in [-0.4, -0.2) is 73.8 Å². The van der Waals surface area contributed by atoms with Crippen LogP contribution in [0.3, 0.4) is 0 Å². The second-order valence-electron chi connectivity index (χ2n) is 10.8. The van der Waals surface area contributed by atoms with Crippen LogP contribution in [0.25, 0.3) is 11.0 Å². The van der Waals surface area contributed by atoms with Gasteiger partial charge in [0.2, 0.25) is 17.6 Å². The number of para-hydroxylation sites is 1. The molecule has 1 aromatic heterocycles. The van der Waals surface area contributed by atoms with Crippen LogP contribution < -0.4 is 29.0 Å². The van der Waals surface area contributed by atoms with E-state index in [9.17, 15) is 9.59 Å². The van der Waals surface area contributed by atoms with Gasteiger partial charge in [-0.05, 0) is 59.5 Å². The Morgan fingerprint density at radius 3 is 2.08 bits per heavy atom. The van der Waals surface area contributed by atoms with E-state index < -0.39 is 11.9 Å². The molecule has 12 nitrogen and oxygen atoms in total. The summed E-state index contributed by atoms with van der Waals surface area (Å²) >= 11 is 0. The summed E-state index contributed by atoms with van der Waals surface area (Å²) in [5.41, 5.74) is 3.61. The number of methoxy groups -OCH3 is 5. The molecule has 5 rings (SSSR count). The Labute approximate surface area is 279 Å². The summed E-state index contributed by atoms with van der Waals surface area (Å²) in [6.45, 7) is 0.270. The van der Waals surface area contributed by atoms with E-state index in [1.807, 2.05) is 72.8 Å². The van der Waals surface area contributed by atoms with Crippen LogP contribution in [-0.2, 0) is 29.1 Å². The molecule has 250 valence electrons. The molecular formula is C36H39N5O7. The third-order valence-electron chi connectivity index (χ3n) is 7.99. The van der Waals surface area contributed by atoms with E-state index in [2.05, 4.69) is 15.6 Å². The third-order valence-corrected chi connectivity index (χ3v) is 7.99. The van der Waals surface area contributed by atoms with Crippen molar-refractivity contribution in [3.63, 3.8) is 0 Å². The molecular weight excluding hydrogens is 614 g/mol. The van der Waals surface area contributed by atoms with Gasteiger partial charge in [0.05, 0.1) is 41.1 Å². The minimum absolute atomic E-state index is 0.153. The number of benzene rings is 4. The molecule has 0 aliphatic heterocycles. The van der Waals surface area contributed by atoms with E-state index in [0.717, 1.165) is 11.1 Å². The van der Waals surface area contributed by atoms with Crippen LogP contribution in [0.1, 0.15) is 22.7 Å². The van der Waals surface area contributed by atoms with Crippen molar-refractivity contribution < 1.29 is 33.3 Å². The van der Waals surface area contributed by atoms with Gasteiger partial charge in [-0.3, -0.25) is 9.59 Å². The van der Waals surface area contributed by atoms with E-state index in [4.69, 9.17) is 23.7 Å². The minimum Gasteiger partial charge on any atom is -0.493 e. The Kier molecular flexibility index (Phi) is 11.0. The van der Waals surface area contributed by atoms with Crippen molar-refractivity contribution in [2.24, 2.45) is 0 Å². The summed E-state index contributed by atoms with van der Waals surface area (Å²) < 4.78 is 29.3. The van der Waals surface area contributed by atoms with Crippen molar-refractivity contribution >= 4 is 22.8 Å². The second kappa shape index (κ2) is 15.7. The lowest BCUT2D eigenvalue weighted by Gasteiger charge is -2.32. The van der Waals surface area contributed by atoms with Crippen molar-refractivity contribution in [1.29, 1.82) is 0 Å². The zero-order valence-electron chi connectivity index (χ0n) is 27.6. The van der Waals surface area contributed by atoms with Crippen molar-refractivity contribution in [3.8, 4) is 28.7 Å². The molecule has 0 aliphatic carbocycles. The van der Waals surface area contributed by atoms with E-state index in [-0.39, 0.29) is 25.5 Å². The molecule has 0 aliphatic rings. The normalized spacial score (nSPS) is 11.4. The first-order valence-corrected chi connectivity index (χ1v) is 15.3. The number of hydrogen-bond donors (Lipinski definition) is 1. The number of fused-ring (bicyclic) bond motifs is 1. The standard InChI is InChI=1S/C36H39N5O7/c1-44-29-16-15-24(19-30(29)45-2)17-18-40(33(42)23-41-28-14-10-9-13-27(28)38-39-41)34(36(43)37-22-25-11-7-6-8-12-25)26-20-31(46-3)35(48-5)32(21-26)47-4/h6-16,19-21,34H,17-18,22-23H2,1-5H3,(H,37,43)/t34-/m1/s1. The summed E-state index contributed by atoms with van der Waals surface area (Å²) in [7, 11) is 7.65. The Balaban J connectivity index is 1.58. The average molecular weight is 654 g/mol. The van der Waals surface area contributed by atoms with Gasteiger partial charge in [0.1, 0.15) is 18.1 Å². The first-order chi connectivity index (χ1) is 23.4. The van der Waals surface area contributed by atoms with E-state index in [0.29, 0.717) is 51.8 Å². The van der Waals surface area contributed by atoms with Gasteiger partial charge in [0.25, 0.3) is 0 Å². The summed E-state index contributed by atoms with van der Waals surface area (Å²) in [4.78, 5) is 30.3. The van der Waals surface area contributed by atoms with Gasteiger partial charge >= 0.3 is 0 Å². The van der Waals surface area contributed by atoms with Gasteiger partial charge in [-0.1, -0.05) is 53.7 Å². The zero-order chi connectivity index (χ0) is 34.0. The molecule has 0 spiro atoms. The molecule has 12 heteroatoms. The largest absolute Gasteiger partial charge is 0.493 e. The number of rotatable bonds is 15. The molecule has 2 amide bonds. The molecule has 1 heterocycles. The lowest BCUT2D eigenvalue weighted by atomic mass is 10.0. The van der Waals surface area contributed by atoms with E-state index in [1.165, 1.54) is 26.0 Å². The number of nitrogens with one attached hydrogen (secondary N) is 1. The lowest BCUT2D eigenvalue weighted by molar-refractivity contribution is -0.141. The fraction of sp³-hybridized carbons (Fsp3) is 0.278. The quantitative estimate of drug-likeness (QED) is 0.173. The third kappa shape index (κ3) is 7.43. The highest BCUT2D eigenvalue weighted by atomic mass is 16.5. The Hall–Kier alpha value is -5.78. The number of nitrogens with zero attached hydrogens (tertiary/aromatic N) is 4. The molecule has 1 N–H and O–H groups in total. The number of carbonyl (C=O) groups excluding carboxylic acids is 2. The highest BCUT2D eigenvalue weighted by molar-refractivity contribution is 5.89. The summed E-state index contributed by atoms with van der Waals surface area (Å²) in [6.07, 6.45) is 0.400. The molecule has 1 atom stereocenters. The highest BCUT2D eigenvalue weighted by Crippen LogP contribution is 2.41. The number of ether oxygens (including phenoxy) is 5. The van der Waals surface area contributed by atoms with Gasteiger partial charge in [0.15, 0.2) is 23.0 Å². The van der Waals surface area contributed by atoms with E-state index in [1.54, 1.807) is 31.3 Å². The summed E-state index contributed by atoms with van der Waals surface area (Å²) in [5.74, 6) is 1.47. The smallest absolute Gasteiger partial charge is 0.247 e. The zero-order valence-corrected chi connectivity index (χ0v) is 27.6. The molecule has 0 saturated carbocycles.